The fraction of sp³-hybridized carbons (Fsp3) is 0.354. The number of H-pyrrole nitrogens is 1. The van der Waals surface area contributed by atoms with Gasteiger partial charge in [-0.2, -0.15) is 0 Å². The minimum absolute atomic E-state index is 0.0460. The van der Waals surface area contributed by atoms with E-state index in [1.807, 2.05) is 61.6 Å². The van der Waals surface area contributed by atoms with Crippen LogP contribution in [0.25, 0.3) is 17.0 Å². The molecule has 1 aromatic heterocycles. The Morgan fingerprint density at radius 2 is 1.62 bits per heavy atom. The first-order valence-electron chi connectivity index (χ1n) is 20.3. The number of amides is 1. The number of aromatic hydroxyl groups is 2. The number of allylic oxidation sites excluding steroid dienone is 1. The number of carbonyl (C=O) groups is 3. The summed E-state index contributed by atoms with van der Waals surface area (Å²) in [4.78, 5) is 46.1. The van der Waals surface area contributed by atoms with Gasteiger partial charge in [-0.05, 0) is 91.3 Å². The van der Waals surface area contributed by atoms with Crippen LogP contribution >= 0.6 is 0 Å². The second kappa shape index (κ2) is 19.5. The lowest BCUT2D eigenvalue weighted by Crippen LogP contribution is -2.30. The predicted octanol–water partition coefficient (Wildman–Crippen LogP) is 8.62. The lowest BCUT2D eigenvalue weighted by molar-refractivity contribution is -0.121. The first-order chi connectivity index (χ1) is 28.9. The van der Waals surface area contributed by atoms with E-state index in [0.29, 0.717) is 61.3 Å². The Morgan fingerprint density at radius 1 is 0.917 bits per heavy atom. The molecule has 0 radical (unpaired) electrons. The van der Waals surface area contributed by atoms with Gasteiger partial charge < -0.3 is 44.4 Å². The number of aromatic nitrogens is 1. The molecule has 0 saturated heterocycles. The number of esters is 1. The van der Waals surface area contributed by atoms with Crippen LogP contribution < -0.4 is 24.4 Å². The van der Waals surface area contributed by atoms with Gasteiger partial charge >= 0.3 is 5.97 Å². The highest BCUT2D eigenvalue weighted by molar-refractivity contribution is 5.98. The van der Waals surface area contributed by atoms with Crippen LogP contribution in [0.15, 0.2) is 79.0 Å². The summed E-state index contributed by atoms with van der Waals surface area (Å²) in [6, 6.07) is 20.9. The highest BCUT2D eigenvalue weighted by Crippen LogP contribution is 2.48. The van der Waals surface area contributed by atoms with E-state index in [4.69, 9.17) is 18.9 Å². The van der Waals surface area contributed by atoms with E-state index in [0.717, 1.165) is 27.7 Å². The zero-order valence-electron chi connectivity index (χ0n) is 35.2. The zero-order chi connectivity index (χ0) is 42.9. The molecule has 1 aliphatic rings. The van der Waals surface area contributed by atoms with Crippen molar-refractivity contribution in [3.05, 3.63) is 112 Å². The second-order valence-corrected chi connectivity index (χ2v) is 15.4. The summed E-state index contributed by atoms with van der Waals surface area (Å²) in [5, 5.41) is 28.2. The number of methoxy groups -OCH3 is 3. The third kappa shape index (κ3) is 9.71. The zero-order valence-corrected chi connectivity index (χ0v) is 35.2. The van der Waals surface area contributed by atoms with E-state index < -0.39 is 23.7 Å². The fourth-order valence-electron chi connectivity index (χ4n) is 7.98. The summed E-state index contributed by atoms with van der Waals surface area (Å²) in [6.07, 6.45) is 7.63. The maximum absolute atomic E-state index is 14.4. The Hall–Kier alpha value is -6.43. The van der Waals surface area contributed by atoms with Crippen LogP contribution in [0.3, 0.4) is 0 Å². The van der Waals surface area contributed by atoms with Crippen molar-refractivity contribution in [3.8, 4) is 28.7 Å². The lowest BCUT2D eigenvalue weighted by atomic mass is 9.84. The largest absolute Gasteiger partial charge is 0.507 e. The molecule has 3 atom stereocenters. The minimum atomic E-state index is -1.02. The molecule has 0 spiro atoms. The van der Waals surface area contributed by atoms with E-state index in [2.05, 4.69) is 22.4 Å². The topological polar surface area (TPSA) is 160 Å². The van der Waals surface area contributed by atoms with Gasteiger partial charge in [0, 0.05) is 80.1 Å². The number of hydrogen-bond donors (Lipinski definition) is 4. The third-order valence-electron chi connectivity index (χ3n) is 11.2. The number of fused-ring (bicyclic) bond motifs is 2. The Labute approximate surface area is 351 Å². The highest BCUT2D eigenvalue weighted by atomic mass is 16.5. The van der Waals surface area contributed by atoms with Gasteiger partial charge in [0.2, 0.25) is 11.7 Å². The molecule has 12 nitrogen and oxygen atoms in total. The number of phenols is 2. The van der Waals surface area contributed by atoms with Crippen molar-refractivity contribution in [2.75, 3.05) is 46.9 Å². The van der Waals surface area contributed by atoms with E-state index in [1.54, 1.807) is 31.2 Å². The van der Waals surface area contributed by atoms with Crippen molar-refractivity contribution in [1.29, 1.82) is 0 Å². The molecule has 4 aromatic carbocycles. The number of nitrogens with one attached hydrogen (secondary N) is 2. The highest BCUT2D eigenvalue weighted by Gasteiger charge is 2.33. The molecule has 4 N–H and O–H groups in total. The van der Waals surface area contributed by atoms with Gasteiger partial charge in [-0.25, -0.2) is 4.79 Å². The Balaban J connectivity index is 1.42. The average Bonchev–Trinajstić information content (AvgIpc) is 3.66. The lowest BCUT2D eigenvalue weighted by Gasteiger charge is -2.25. The summed E-state index contributed by atoms with van der Waals surface area (Å²) < 4.78 is 22.8. The Kier molecular flexibility index (Phi) is 14.1. The summed E-state index contributed by atoms with van der Waals surface area (Å²) in [5.74, 6) is -2.22. The fourth-order valence-corrected chi connectivity index (χ4v) is 7.98. The Bertz CT molecular complexity index is 2320. The third-order valence-corrected chi connectivity index (χ3v) is 11.2. The maximum atomic E-state index is 14.4. The molecule has 0 fully saturated rings. The number of anilines is 1. The molecular formula is C48H55N3O9. The number of aromatic amines is 1. The standard InChI is InChI=1S/C48H55N3O9/c1-29-13-12-16-34(52)15-9-7-8-14-31-23-40(53)45(46(55)44(31)48(56)60-29)36(32-24-41(57-4)47(59-6)42(25-32)58-5)26-43(54)50-27-37(30-19-21-33(22-20-30)51(2)3)38-28-49-39-18-11-10-17-35(38)39/h8,10-11,14,17-25,28-29,36-37,49,53,55H,7,9,12-13,15-16,26-27H2,1-6H3,(H,50,54)/b14-8+/t29-,36?,37?/m0/s1. The smallest absolute Gasteiger partial charge is 0.342 e. The number of phenolic OH excluding ortho intramolecular Hbond substituents is 2. The molecule has 0 bridgehead atoms. The number of nitrogens with zero attached hydrogens (tertiary/aromatic N) is 1. The molecule has 6 rings (SSSR count). The molecule has 12 heteroatoms. The van der Waals surface area contributed by atoms with Crippen LogP contribution in [-0.2, 0) is 14.3 Å². The SMILES string of the molecule is COc1cc(C(CC(=O)NCC(c2ccc(N(C)C)cc2)c2c[nH]c3ccccc23)c2c(O)cc3c(c2O)C(=O)O[C@@H](C)CCCC(=O)CCC/C=C/3)cc(OC)c1OC. The van der Waals surface area contributed by atoms with Crippen molar-refractivity contribution in [2.45, 2.75) is 69.8 Å². The van der Waals surface area contributed by atoms with Crippen LogP contribution in [0.1, 0.15) is 102 Å². The molecule has 5 aromatic rings. The number of hydrogen-bond acceptors (Lipinski definition) is 10. The number of benzene rings is 4. The second-order valence-electron chi connectivity index (χ2n) is 15.4. The molecule has 1 aliphatic heterocycles. The first kappa shape index (κ1) is 43.2. The van der Waals surface area contributed by atoms with Gasteiger partial charge in [0.05, 0.1) is 27.4 Å². The summed E-state index contributed by atoms with van der Waals surface area (Å²) in [7, 11) is 8.38. The van der Waals surface area contributed by atoms with Gasteiger partial charge in [0.1, 0.15) is 22.8 Å². The normalized spacial score (nSPS) is 16.5. The molecule has 60 heavy (non-hydrogen) atoms. The maximum Gasteiger partial charge on any atom is 0.342 e. The molecule has 2 heterocycles. The number of rotatable bonds is 12. The molecular weight excluding hydrogens is 763 g/mol. The number of cyclic esters (lactones) is 1. The molecule has 316 valence electrons. The van der Waals surface area contributed by atoms with Gasteiger partial charge in [-0.1, -0.05) is 42.5 Å². The average molecular weight is 818 g/mol. The van der Waals surface area contributed by atoms with Crippen molar-refractivity contribution < 1.29 is 43.5 Å². The quantitative estimate of drug-likeness (QED) is 0.0898. The van der Waals surface area contributed by atoms with Gasteiger partial charge in [-0.15, -0.1) is 0 Å². The predicted molar refractivity (Wildman–Crippen MR) is 233 cm³/mol. The number of ether oxygens (including phenoxy) is 4. The van der Waals surface area contributed by atoms with Crippen LogP contribution in [0.2, 0.25) is 0 Å². The summed E-state index contributed by atoms with van der Waals surface area (Å²) in [5.41, 5.74) is 4.53. The first-order valence-corrected chi connectivity index (χ1v) is 20.3. The van der Waals surface area contributed by atoms with E-state index >= 15 is 0 Å². The van der Waals surface area contributed by atoms with Crippen LogP contribution in [-0.4, -0.2) is 80.9 Å². The van der Waals surface area contributed by atoms with Crippen molar-refractivity contribution >= 4 is 40.3 Å². The van der Waals surface area contributed by atoms with E-state index in [-0.39, 0.29) is 53.0 Å². The molecule has 1 amide bonds. The van der Waals surface area contributed by atoms with Gasteiger partial charge in [0.15, 0.2) is 11.5 Å². The molecule has 2 unspecified atom stereocenters. The van der Waals surface area contributed by atoms with Crippen LogP contribution in [0.5, 0.6) is 28.7 Å². The number of carbonyl (C=O) groups excluding carboxylic acids is 3. The Morgan fingerprint density at radius 3 is 2.30 bits per heavy atom. The minimum Gasteiger partial charge on any atom is -0.507 e. The van der Waals surface area contributed by atoms with Gasteiger partial charge in [0.25, 0.3) is 0 Å². The number of ketones is 1. The summed E-state index contributed by atoms with van der Waals surface area (Å²) >= 11 is 0. The molecule has 0 aliphatic carbocycles. The van der Waals surface area contributed by atoms with Gasteiger partial charge in [-0.3, -0.25) is 9.59 Å². The number of Topliss-reactive ketones (excluding diaryl/α,β-unsaturated/α-hetero) is 1. The van der Waals surface area contributed by atoms with Crippen LogP contribution in [0.4, 0.5) is 5.69 Å². The van der Waals surface area contributed by atoms with Crippen molar-refractivity contribution in [1.82, 2.24) is 10.3 Å². The van der Waals surface area contributed by atoms with E-state index in [1.165, 1.54) is 27.4 Å². The van der Waals surface area contributed by atoms with Crippen molar-refractivity contribution in [3.63, 3.8) is 0 Å². The monoisotopic (exact) mass is 817 g/mol. The number of para-hydroxylation sites is 1. The van der Waals surface area contributed by atoms with Crippen LogP contribution in [0, 0.1) is 0 Å². The van der Waals surface area contributed by atoms with Crippen molar-refractivity contribution in [2.24, 2.45) is 0 Å². The molecule has 0 saturated carbocycles. The van der Waals surface area contributed by atoms with E-state index in [9.17, 15) is 24.6 Å². The summed E-state index contributed by atoms with van der Waals surface area (Å²) in [6.45, 7) is 1.97.